The zero-order chi connectivity index (χ0) is 18.6. The zero-order valence-corrected chi connectivity index (χ0v) is 16.0. The molecule has 8 heteroatoms. The smallest absolute Gasteiger partial charge is 0.320 e. The van der Waals surface area contributed by atoms with Gasteiger partial charge in [-0.15, -0.1) is 0 Å². The van der Waals surface area contributed by atoms with E-state index in [4.69, 9.17) is 4.74 Å². The molecule has 1 aromatic carbocycles. The molecule has 1 atom stereocenters. The molecule has 2 N–H and O–H groups in total. The summed E-state index contributed by atoms with van der Waals surface area (Å²) in [5.41, 5.74) is 0. The summed E-state index contributed by atoms with van der Waals surface area (Å²) in [6.45, 7) is 0.688. The standard InChI is InChI=1S/C19H18BrN5O2/c20-15-11-21-17-10-9-13(12-25(15)17)22-19(26)24-16-7-4-8-18(23-16)27-14-5-2-1-3-6-14/h1-8,11,13H,9-10,12H2,(H2,22,23,24,26). The van der Waals surface area contributed by atoms with Crippen molar-refractivity contribution in [1.29, 1.82) is 0 Å². The Labute approximate surface area is 164 Å². The Balaban J connectivity index is 1.36. The molecule has 138 valence electrons. The Morgan fingerprint density at radius 3 is 2.89 bits per heavy atom. The van der Waals surface area contributed by atoms with Gasteiger partial charge in [0.05, 0.1) is 6.20 Å². The lowest BCUT2D eigenvalue weighted by atomic mass is 10.1. The van der Waals surface area contributed by atoms with Crippen LogP contribution in [0.2, 0.25) is 0 Å². The molecule has 1 unspecified atom stereocenters. The molecule has 2 aromatic heterocycles. The van der Waals surface area contributed by atoms with E-state index < -0.39 is 0 Å². The monoisotopic (exact) mass is 427 g/mol. The number of halogens is 1. The maximum absolute atomic E-state index is 12.3. The molecule has 1 aliphatic heterocycles. The number of nitrogens with zero attached hydrogens (tertiary/aromatic N) is 3. The van der Waals surface area contributed by atoms with Gasteiger partial charge in [-0.25, -0.2) is 9.78 Å². The summed E-state index contributed by atoms with van der Waals surface area (Å²) in [5, 5.41) is 5.76. The number of para-hydroxylation sites is 1. The normalized spacial score (nSPS) is 15.7. The molecule has 0 fully saturated rings. The predicted molar refractivity (Wildman–Crippen MR) is 105 cm³/mol. The highest BCUT2D eigenvalue weighted by atomic mass is 79.9. The minimum atomic E-state index is -0.288. The van der Waals surface area contributed by atoms with Crippen molar-refractivity contribution in [2.45, 2.75) is 25.4 Å². The van der Waals surface area contributed by atoms with Crippen LogP contribution >= 0.6 is 15.9 Å². The van der Waals surface area contributed by atoms with E-state index in [1.165, 1.54) is 0 Å². The number of carbonyl (C=O) groups excluding carboxylic acids is 1. The summed E-state index contributed by atoms with van der Waals surface area (Å²) in [7, 11) is 0. The molecule has 0 bridgehead atoms. The summed E-state index contributed by atoms with van der Waals surface area (Å²) in [6.07, 6.45) is 3.47. The van der Waals surface area contributed by atoms with Crippen molar-refractivity contribution in [2.24, 2.45) is 0 Å². The number of benzene rings is 1. The number of pyridine rings is 1. The minimum absolute atomic E-state index is 0.0340. The highest BCUT2D eigenvalue weighted by Gasteiger charge is 2.22. The van der Waals surface area contributed by atoms with Crippen molar-refractivity contribution >= 4 is 27.8 Å². The molecule has 0 spiro atoms. The first kappa shape index (κ1) is 17.5. The maximum Gasteiger partial charge on any atom is 0.320 e. The van der Waals surface area contributed by atoms with E-state index in [-0.39, 0.29) is 12.1 Å². The van der Waals surface area contributed by atoms with Gasteiger partial charge in [0.25, 0.3) is 0 Å². The molecule has 3 heterocycles. The van der Waals surface area contributed by atoms with Gasteiger partial charge in [-0.05, 0) is 40.5 Å². The maximum atomic E-state index is 12.3. The fourth-order valence-electron chi connectivity index (χ4n) is 3.00. The number of urea groups is 1. The first-order valence-electron chi connectivity index (χ1n) is 8.65. The van der Waals surface area contributed by atoms with E-state index >= 15 is 0 Å². The third kappa shape index (κ3) is 4.28. The number of anilines is 1. The van der Waals surface area contributed by atoms with E-state index in [0.29, 0.717) is 24.0 Å². The van der Waals surface area contributed by atoms with Crippen molar-refractivity contribution in [2.75, 3.05) is 5.32 Å². The Morgan fingerprint density at radius 2 is 2.04 bits per heavy atom. The molecule has 4 rings (SSSR count). The van der Waals surface area contributed by atoms with Crippen LogP contribution in [0.25, 0.3) is 0 Å². The molecular formula is C19H18BrN5O2. The topological polar surface area (TPSA) is 81.1 Å². The van der Waals surface area contributed by atoms with Crippen molar-refractivity contribution in [3.05, 3.63) is 65.2 Å². The number of aryl methyl sites for hydroxylation is 1. The number of fused-ring (bicyclic) bond motifs is 1. The van der Waals surface area contributed by atoms with Gasteiger partial charge in [-0.2, -0.15) is 4.98 Å². The van der Waals surface area contributed by atoms with Gasteiger partial charge in [-0.3, -0.25) is 5.32 Å². The van der Waals surface area contributed by atoms with Gasteiger partial charge < -0.3 is 14.6 Å². The number of aromatic nitrogens is 3. The van der Waals surface area contributed by atoms with Crippen molar-refractivity contribution in [3.8, 4) is 11.6 Å². The highest BCUT2D eigenvalue weighted by molar-refractivity contribution is 9.10. The lowest BCUT2D eigenvalue weighted by Crippen LogP contribution is -2.43. The van der Waals surface area contributed by atoms with E-state index in [2.05, 4.69) is 41.1 Å². The number of carbonyl (C=O) groups is 1. The van der Waals surface area contributed by atoms with Gasteiger partial charge in [0.1, 0.15) is 22.0 Å². The summed E-state index contributed by atoms with van der Waals surface area (Å²) >= 11 is 3.48. The minimum Gasteiger partial charge on any atom is -0.439 e. The average molecular weight is 428 g/mol. The third-order valence-electron chi connectivity index (χ3n) is 4.27. The van der Waals surface area contributed by atoms with Gasteiger partial charge in [0.2, 0.25) is 5.88 Å². The van der Waals surface area contributed by atoms with Gasteiger partial charge in [0, 0.05) is 25.1 Å². The number of nitrogens with one attached hydrogen (secondary N) is 2. The van der Waals surface area contributed by atoms with Crippen LogP contribution in [0.3, 0.4) is 0 Å². The lowest BCUT2D eigenvalue weighted by molar-refractivity contribution is 0.244. The molecule has 0 aliphatic carbocycles. The Bertz CT molecular complexity index is 944. The second-order valence-electron chi connectivity index (χ2n) is 6.22. The van der Waals surface area contributed by atoms with Gasteiger partial charge >= 0.3 is 6.03 Å². The number of hydrogen-bond acceptors (Lipinski definition) is 4. The van der Waals surface area contributed by atoms with Crippen LogP contribution in [0.1, 0.15) is 12.2 Å². The van der Waals surface area contributed by atoms with Gasteiger partial charge in [0.15, 0.2) is 0 Å². The van der Waals surface area contributed by atoms with E-state index in [9.17, 15) is 4.79 Å². The number of rotatable bonds is 4. The largest absolute Gasteiger partial charge is 0.439 e. The number of imidazole rings is 1. The zero-order valence-electron chi connectivity index (χ0n) is 14.4. The van der Waals surface area contributed by atoms with Crippen LogP contribution in [-0.4, -0.2) is 26.6 Å². The molecule has 2 amide bonds. The second-order valence-corrected chi connectivity index (χ2v) is 7.03. The summed E-state index contributed by atoms with van der Waals surface area (Å²) in [4.78, 5) is 21.0. The third-order valence-corrected chi connectivity index (χ3v) is 4.91. The fourth-order valence-corrected chi connectivity index (χ4v) is 3.46. The van der Waals surface area contributed by atoms with E-state index in [0.717, 1.165) is 23.3 Å². The lowest BCUT2D eigenvalue weighted by Gasteiger charge is -2.25. The SMILES string of the molecule is O=C(Nc1cccc(Oc2ccccc2)n1)NC1CCc2ncc(Br)n2C1. The van der Waals surface area contributed by atoms with Crippen LogP contribution < -0.4 is 15.4 Å². The van der Waals surface area contributed by atoms with Crippen LogP contribution in [0, 0.1) is 0 Å². The number of hydrogen-bond donors (Lipinski definition) is 2. The van der Waals surface area contributed by atoms with Crippen LogP contribution in [0.4, 0.5) is 10.6 Å². The first-order valence-corrected chi connectivity index (χ1v) is 9.44. The van der Waals surface area contributed by atoms with Crippen LogP contribution in [0.15, 0.2) is 59.3 Å². The summed E-state index contributed by atoms with van der Waals surface area (Å²) in [5.74, 6) is 2.58. The number of amides is 2. The second kappa shape index (κ2) is 7.79. The van der Waals surface area contributed by atoms with Crippen LogP contribution in [0.5, 0.6) is 11.6 Å². The molecule has 0 radical (unpaired) electrons. The van der Waals surface area contributed by atoms with Crippen molar-refractivity contribution < 1.29 is 9.53 Å². The van der Waals surface area contributed by atoms with E-state index in [1.54, 1.807) is 24.4 Å². The van der Waals surface area contributed by atoms with E-state index in [1.807, 2.05) is 30.3 Å². The summed E-state index contributed by atoms with van der Waals surface area (Å²) in [6, 6.07) is 14.4. The Hall–Kier alpha value is -2.87. The molecule has 3 aromatic rings. The molecule has 27 heavy (non-hydrogen) atoms. The molecule has 7 nitrogen and oxygen atoms in total. The molecular weight excluding hydrogens is 410 g/mol. The quantitative estimate of drug-likeness (QED) is 0.659. The van der Waals surface area contributed by atoms with Crippen LogP contribution in [-0.2, 0) is 13.0 Å². The molecule has 1 aliphatic rings. The van der Waals surface area contributed by atoms with Crippen molar-refractivity contribution in [3.63, 3.8) is 0 Å². The summed E-state index contributed by atoms with van der Waals surface area (Å²) < 4.78 is 8.69. The Morgan fingerprint density at radius 1 is 1.19 bits per heavy atom. The Kier molecular flexibility index (Phi) is 5.06. The molecule has 0 saturated carbocycles. The van der Waals surface area contributed by atoms with Crippen molar-refractivity contribution in [1.82, 2.24) is 19.9 Å². The predicted octanol–water partition coefficient (Wildman–Crippen LogP) is 3.97. The van der Waals surface area contributed by atoms with Gasteiger partial charge in [-0.1, -0.05) is 24.3 Å². The fraction of sp³-hybridized carbons (Fsp3) is 0.211. The highest BCUT2D eigenvalue weighted by Crippen LogP contribution is 2.21. The first-order chi connectivity index (χ1) is 13.2. The molecule has 0 saturated heterocycles. The average Bonchev–Trinajstić information content (AvgIpc) is 3.03. The number of ether oxygens (including phenoxy) is 1.